The van der Waals surface area contributed by atoms with E-state index in [2.05, 4.69) is 15.0 Å². The zero-order valence-electron chi connectivity index (χ0n) is 14.6. The Balaban J connectivity index is 1.71. The van der Waals surface area contributed by atoms with Gasteiger partial charge in [-0.2, -0.15) is 0 Å². The smallest absolute Gasteiger partial charge is 0.167 e. The van der Waals surface area contributed by atoms with E-state index >= 15 is 0 Å². The molecule has 5 atom stereocenters. The standard InChI is InChI=1S/C17H17Cl2N5O4/c1-17(27,7-2-3-8(18)9(19)4-7)13-11(25)12(26)16(28-13)24-6-23-10-14(20)21-5-22-15(10)24/h2-6,11-13,16,25-27H,1H3,(H2,20,21,22)/t11-,12+,13-,16+,17+/m0/s1. The number of aliphatic hydroxyl groups excluding tert-OH is 2. The summed E-state index contributed by atoms with van der Waals surface area (Å²) in [6, 6.07) is 4.59. The molecule has 5 N–H and O–H groups in total. The SMILES string of the molecule is C[C@@](O)(c1ccc(Cl)c(Cl)c1)[C@H]1O[C@@H](n2cnc3c(N)ncnc32)[C@H](O)[C@@H]1O. The van der Waals surface area contributed by atoms with Gasteiger partial charge in [0.05, 0.1) is 16.4 Å². The number of nitrogens with zero attached hydrogens (tertiary/aromatic N) is 4. The van der Waals surface area contributed by atoms with Crippen LogP contribution in [-0.2, 0) is 10.3 Å². The summed E-state index contributed by atoms with van der Waals surface area (Å²) in [5.41, 5.74) is 5.16. The van der Waals surface area contributed by atoms with Crippen LogP contribution in [0.5, 0.6) is 0 Å². The molecule has 2 aromatic heterocycles. The zero-order chi connectivity index (χ0) is 20.2. The number of anilines is 1. The van der Waals surface area contributed by atoms with Crippen LogP contribution in [0.4, 0.5) is 5.82 Å². The number of benzene rings is 1. The highest BCUT2D eigenvalue weighted by Crippen LogP contribution is 2.41. The molecule has 3 heterocycles. The van der Waals surface area contributed by atoms with E-state index in [1.54, 1.807) is 6.07 Å². The highest BCUT2D eigenvalue weighted by molar-refractivity contribution is 6.42. The normalized spacial score (nSPS) is 27.2. The molecular weight excluding hydrogens is 409 g/mol. The average molecular weight is 426 g/mol. The molecule has 1 fully saturated rings. The van der Waals surface area contributed by atoms with E-state index in [0.29, 0.717) is 21.7 Å². The Hall–Kier alpha value is -2.01. The Morgan fingerprint density at radius 3 is 2.61 bits per heavy atom. The molecule has 0 bridgehead atoms. The lowest BCUT2D eigenvalue weighted by Crippen LogP contribution is -2.45. The van der Waals surface area contributed by atoms with Crippen molar-refractivity contribution in [3.05, 3.63) is 46.5 Å². The monoisotopic (exact) mass is 425 g/mol. The fraction of sp³-hybridized carbons (Fsp3) is 0.353. The van der Waals surface area contributed by atoms with Crippen LogP contribution in [0.1, 0.15) is 18.7 Å². The van der Waals surface area contributed by atoms with E-state index in [9.17, 15) is 15.3 Å². The lowest BCUT2D eigenvalue weighted by atomic mass is 9.87. The van der Waals surface area contributed by atoms with Crippen molar-refractivity contribution in [2.24, 2.45) is 0 Å². The molecule has 0 unspecified atom stereocenters. The van der Waals surface area contributed by atoms with Gasteiger partial charge in [-0.15, -0.1) is 0 Å². The van der Waals surface area contributed by atoms with E-state index in [1.165, 1.54) is 36.3 Å². The Bertz CT molecular complexity index is 1040. The number of aromatic nitrogens is 4. The first kappa shape index (κ1) is 19.3. The van der Waals surface area contributed by atoms with Crippen LogP contribution in [-0.4, -0.2) is 53.2 Å². The number of ether oxygens (including phenoxy) is 1. The van der Waals surface area contributed by atoms with Gasteiger partial charge < -0.3 is 25.8 Å². The first-order chi connectivity index (χ1) is 13.2. The second-order valence-electron chi connectivity index (χ2n) is 6.79. The van der Waals surface area contributed by atoms with E-state index < -0.39 is 30.1 Å². The second-order valence-corrected chi connectivity index (χ2v) is 7.60. The van der Waals surface area contributed by atoms with Crippen LogP contribution < -0.4 is 5.73 Å². The van der Waals surface area contributed by atoms with Gasteiger partial charge >= 0.3 is 0 Å². The van der Waals surface area contributed by atoms with E-state index in [1.807, 2.05) is 0 Å². The molecule has 9 nitrogen and oxygen atoms in total. The number of hydrogen-bond donors (Lipinski definition) is 4. The minimum Gasteiger partial charge on any atom is -0.387 e. The Kier molecular flexibility index (Phi) is 4.69. The van der Waals surface area contributed by atoms with Crippen LogP contribution in [0.15, 0.2) is 30.9 Å². The molecular formula is C17H17Cl2N5O4. The van der Waals surface area contributed by atoms with Crippen LogP contribution in [0.2, 0.25) is 10.0 Å². The summed E-state index contributed by atoms with van der Waals surface area (Å²) < 4.78 is 7.30. The van der Waals surface area contributed by atoms with Crippen molar-refractivity contribution in [1.29, 1.82) is 0 Å². The van der Waals surface area contributed by atoms with Crippen molar-refractivity contribution >= 4 is 40.2 Å². The van der Waals surface area contributed by atoms with Crippen LogP contribution >= 0.6 is 23.2 Å². The topological polar surface area (TPSA) is 140 Å². The third kappa shape index (κ3) is 2.91. The van der Waals surface area contributed by atoms with Gasteiger partial charge in [0.2, 0.25) is 0 Å². The van der Waals surface area contributed by atoms with E-state index in [4.69, 9.17) is 33.7 Å². The lowest BCUT2D eigenvalue weighted by Gasteiger charge is -2.32. The van der Waals surface area contributed by atoms with Crippen molar-refractivity contribution in [2.45, 2.75) is 37.1 Å². The molecule has 28 heavy (non-hydrogen) atoms. The highest BCUT2D eigenvalue weighted by atomic mass is 35.5. The second kappa shape index (κ2) is 6.80. The third-order valence-electron chi connectivity index (χ3n) is 4.96. The van der Waals surface area contributed by atoms with Crippen LogP contribution in [0, 0.1) is 0 Å². The summed E-state index contributed by atoms with van der Waals surface area (Å²) in [5, 5.41) is 32.8. The predicted molar refractivity (Wildman–Crippen MR) is 102 cm³/mol. The molecule has 3 aromatic rings. The van der Waals surface area contributed by atoms with E-state index in [-0.39, 0.29) is 10.8 Å². The summed E-state index contributed by atoms with van der Waals surface area (Å²) in [6.45, 7) is 1.46. The van der Waals surface area contributed by atoms with Gasteiger partial charge in [-0.05, 0) is 24.6 Å². The van der Waals surface area contributed by atoms with Crippen molar-refractivity contribution in [2.75, 3.05) is 5.73 Å². The quantitative estimate of drug-likeness (QED) is 0.491. The maximum Gasteiger partial charge on any atom is 0.167 e. The largest absolute Gasteiger partial charge is 0.387 e. The third-order valence-corrected chi connectivity index (χ3v) is 5.70. The molecule has 0 amide bonds. The molecule has 148 valence electrons. The molecule has 0 saturated carbocycles. The molecule has 0 aliphatic carbocycles. The number of aliphatic hydroxyl groups is 3. The van der Waals surface area contributed by atoms with Gasteiger partial charge in [0.25, 0.3) is 0 Å². The summed E-state index contributed by atoms with van der Waals surface area (Å²) in [7, 11) is 0. The Morgan fingerprint density at radius 2 is 1.89 bits per heavy atom. The van der Waals surface area contributed by atoms with Gasteiger partial charge in [-0.1, -0.05) is 29.3 Å². The molecule has 0 spiro atoms. The van der Waals surface area contributed by atoms with Crippen molar-refractivity contribution in [1.82, 2.24) is 19.5 Å². The fourth-order valence-electron chi connectivity index (χ4n) is 3.39. The Labute approximate surface area is 169 Å². The van der Waals surface area contributed by atoms with Crippen LogP contribution in [0.25, 0.3) is 11.2 Å². The van der Waals surface area contributed by atoms with E-state index in [0.717, 1.165) is 0 Å². The average Bonchev–Trinajstić information content (AvgIpc) is 3.20. The minimum absolute atomic E-state index is 0.177. The van der Waals surface area contributed by atoms with Gasteiger partial charge in [0.1, 0.15) is 35.8 Å². The predicted octanol–water partition coefficient (Wildman–Crippen LogP) is 1.24. The van der Waals surface area contributed by atoms with Crippen molar-refractivity contribution in [3.8, 4) is 0 Å². The fourth-order valence-corrected chi connectivity index (χ4v) is 3.68. The Morgan fingerprint density at radius 1 is 1.14 bits per heavy atom. The zero-order valence-corrected chi connectivity index (χ0v) is 16.1. The molecule has 11 heteroatoms. The maximum atomic E-state index is 11.1. The maximum absolute atomic E-state index is 11.1. The summed E-state index contributed by atoms with van der Waals surface area (Å²) in [6.07, 6.45) is -2.32. The van der Waals surface area contributed by atoms with Gasteiger partial charge in [-0.25, -0.2) is 15.0 Å². The number of fused-ring (bicyclic) bond motifs is 1. The van der Waals surface area contributed by atoms with Crippen molar-refractivity contribution < 1.29 is 20.1 Å². The number of rotatable bonds is 3. The summed E-state index contributed by atoms with van der Waals surface area (Å²) >= 11 is 12.0. The number of hydrogen-bond acceptors (Lipinski definition) is 8. The molecule has 1 saturated heterocycles. The van der Waals surface area contributed by atoms with Gasteiger partial charge in [-0.3, -0.25) is 4.57 Å². The number of nitrogen functional groups attached to an aromatic ring is 1. The van der Waals surface area contributed by atoms with Gasteiger partial charge in [0.15, 0.2) is 17.7 Å². The first-order valence-corrected chi connectivity index (χ1v) is 9.10. The molecule has 1 aromatic carbocycles. The summed E-state index contributed by atoms with van der Waals surface area (Å²) in [5.74, 6) is 0.177. The summed E-state index contributed by atoms with van der Waals surface area (Å²) in [4.78, 5) is 12.1. The molecule has 0 radical (unpaired) electrons. The molecule has 1 aliphatic rings. The highest BCUT2D eigenvalue weighted by Gasteiger charge is 2.52. The first-order valence-electron chi connectivity index (χ1n) is 8.34. The van der Waals surface area contributed by atoms with Gasteiger partial charge in [0, 0.05) is 0 Å². The number of imidazole rings is 1. The lowest BCUT2D eigenvalue weighted by molar-refractivity contribution is -0.135. The molecule has 1 aliphatic heterocycles. The number of halogens is 2. The number of nitrogens with two attached hydrogens (primary N) is 1. The minimum atomic E-state index is -1.67. The van der Waals surface area contributed by atoms with Crippen LogP contribution in [0.3, 0.4) is 0 Å². The molecule has 4 rings (SSSR count). The van der Waals surface area contributed by atoms with Crippen molar-refractivity contribution in [3.63, 3.8) is 0 Å².